The number of allylic oxidation sites excluding steroid dienone is 1. The molecule has 1 N–H and O–H groups in total. The van der Waals surface area contributed by atoms with Crippen molar-refractivity contribution in [2.24, 2.45) is 0 Å². The maximum absolute atomic E-state index is 12.5. The van der Waals surface area contributed by atoms with Crippen LogP contribution in [0.3, 0.4) is 0 Å². The van der Waals surface area contributed by atoms with Crippen LogP contribution in [0.4, 0.5) is 0 Å². The molecule has 0 aromatic heterocycles. The van der Waals surface area contributed by atoms with Crippen molar-refractivity contribution in [3.63, 3.8) is 0 Å². The maximum atomic E-state index is 12.5. The van der Waals surface area contributed by atoms with Gasteiger partial charge in [-0.05, 0) is 27.7 Å². The lowest BCUT2D eigenvalue weighted by Crippen LogP contribution is -2.12. The first-order valence-electron chi connectivity index (χ1n) is 6.07. The van der Waals surface area contributed by atoms with Gasteiger partial charge < -0.3 is 18.9 Å². The van der Waals surface area contributed by atoms with Crippen molar-refractivity contribution in [1.29, 1.82) is 0 Å². The van der Waals surface area contributed by atoms with Gasteiger partial charge in [0.2, 0.25) is 0 Å². The zero-order valence-electron chi connectivity index (χ0n) is 11.5. The van der Waals surface area contributed by atoms with Crippen LogP contribution < -0.4 is 0 Å². The largest absolute Gasteiger partial charge is 0.501 e. The fraction of sp³-hybridized carbons (Fsp3) is 0.667. The molecule has 0 aromatic rings. The van der Waals surface area contributed by atoms with Gasteiger partial charge in [0.15, 0.2) is 0 Å². The molecule has 1 atom stereocenters. The molecule has 0 aromatic carbocycles. The van der Waals surface area contributed by atoms with Gasteiger partial charge in [0.05, 0.1) is 26.1 Å². The highest BCUT2D eigenvalue weighted by atomic mass is 31.2. The lowest BCUT2D eigenvalue weighted by Gasteiger charge is -2.21. The van der Waals surface area contributed by atoms with Gasteiger partial charge in [-0.25, -0.2) is 0 Å². The van der Waals surface area contributed by atoms with Crippen molar-refractivity contribution in [2.45, 2.75) is 33.8 Å². The van der Waals surface area contributed by atoms with E-state index in [1.165, 1.54) is 12.3 Å². The maximum Gasteiger partial charge on any atom is 0.363 e. The van der Waals surface area contributed by atoms with Crippen LogP contribution in [0.1, 0.15) is 27.7 Å². The van der Waals surface area contributed by atoms with E-state index < -0.39 is 13.7 Å². The second-order valence-corrected chi connectivity index (χ2v) is 5.33. The summed E-state index contributed by atoms with van der Waals surface area (Å²) in [5.41, 5.74) is 0. The number of aliphatic hydroxyl groups excluding tert-OH is 1. The molecule has 0 aliphatic rings. The average molecular weight is 278 g/mol. The smallest absolute Gasteiger partial charge is 0.363 e. The minimum absolute atomic E-state index is 0.117. The van der Waals surface area contributed by atoms with Crippen molar-refractivity contribution < 1.29 is 23.5 Å². The van der Waals surface area contributed by atoms with Gasteiger partial charge in [0, 0.05) is 0 Å². The molecule has 1 unspecified atom stereocenters. The molecule has 0 bridgehead atoms. The van der Waals surface area contributed by atoms with Crippen LogP contribution in [-0.2, 0) is 18.3 Å². The number of rotatable bonds is 9. The van der Waals surface area contributed by atoms with E-state index >= 15 is 0 Å². The monoisotopic (exact) mass is 278 g/mol. The first kappa shape index (κ1) is 17.4. The first-order valence-corrected chi connectivity index (χ1v) is 7.62. The Morgan fingerprint density at radius 3 is 2.17 bits per heavy atom. The Labute approximate surface area is 109 Å². The van der Waals surface area contributed by atoms with Crippen LogP contribution in [0.25, 0.3) is 0 Å². The summed E-state index contributed by atoms with van der Waals surface area (Å²) in [7, 11) is -3.51. The zero-order chi connectivity index (χ0) is 14.0. The van der Waals surface area contributed by atoms with Crippen LogP contribution in [-0.4, -0.2) is 31.0 Å². The fourth-order valence-corrected chi connectivity index (χ4v) is 2.94. The topological polar surface area (TPSA) is 65.0 Å². The third kappa shape index (κ3) is 5.36. The Morgan fingerprint density at radius 2 is 1.78 bits per heavy atom. The van der Waals surface area contributed by atoms with Crippen LogP contribution in [0.2, 0.25) is 0 Å². The van der Waals surface area contributed by atoms with Crippen molar-refractivity contribution in [3.8, 4) is 0 Å². The molecule has 0 fully saturated rings. The molecule has 0 spiro atoms. The molecule has 0 saturated carbocycles. The van der Waals surface area contributed by atoms with Gasteiger partial charge in [-0.2, -0.15) is 0 Å². The predicted molar refractivity (Wildman–Crippen MR) is 71.4 cm³/mol. The Kier molecular flexibility index (Phi) is 9.02. The third-order valence-corrected chi connectivity index (χ3v) is 4.16. The van der Waals surface area contributed by atoms with Crippen LogP contribution in [0.15, 0.2) is 23.7 Å². The summed E-state index contributed by atoms with van der Waals surface area (Å²) in [4.78, 5) is 0. The Bertz CT molecular complexity index is 314. The molecule has 0 aliphatic heterocycles. The highest BCUT2D eigenvalue weighted by Crippen LogP contribution is 2.57. The summed E-state index contributed by atoms with van der Waals surface area (Å²) < 4.78 is 28.0. The van der Waals surface area contributed by atoms with E-state index in [2.05, 4.69) is 0 Å². The number of hydrogen-bond acceptors (Lipinski definition) is 5. The van der Waals surface area contributed by atoms with Gasteiger partial charge in [0.1, 0.15) is 11.4 Å². The van der Waals surface area contributed by atoms with Crippen molar-refractivity contribution in [2.75, 3.05) is 19.8 Å². The fourth-order valence-electron chi connectivity index (χ4n) is 1.27. The average Bonchev–Trinajstić information content (AvgIpc) is 2.30. The molecule has 0 saturated heterocycles. The van der Waals surface area contributed by atoms with Gasteiger partial charge in [-0.1, -0.05) is 12.2 Å². The van der Waals surface area contributed by atoms with E-state index in [-0.39, 0.29) is 18.5 Å². The quantitative estimate of drug-likeness (QED) is 0.399. The summed E-state index contributed by atoms with van der Waals surface area (Å²) in [5, 5.41) is 10.1. The lowest BCUT2D eigenvalue weighted by atomic mass is 10.3. The Morgan fingerprint density at radius 1 is 1.22 bits per heavy atom. The summed E-state index contributed by atoms with van der Waals surface area (Å²) in [6, 6.07) is 0. The third-order valence-electron chi connectivity index (χ3n) is 1.96. The molecule has 0 radical (unpaired) electrons. The molecule has 6 heteroatoms. The number of ether oxygens (including phenoxy) is 1. The van der Waals surface area contributed by atoms with Crippen molar-refractivity contribution in [3.05, 3.63) is 23.7 Å². The number of aliphatic hydroxyl groups is 1. The van der Waals surface area contributed by atoms with Gasteiger partial charge >= 0.3 is 7.60 Å². The van der Waals surface area contributed by atoms with E-state index in [1.807, 2.05) is 0 Å². The molecule has 0 amide bonds. The van der Waals surface area contributed by atoms with E-state index in [1.54, 1.807) is 33.8 Å². The first-order chi connectivity index (χ1) is 8.55. The lowest BCUT2D eigenvalue weighted by molar-refractivity contribution is 0.200. The zero-order valence-corrected chi connectivity index (χ0v) is 12.4. The second kappa shape index (κ2) is 9.34. The minimum Gasteiger partial charge on any atom is -0.501 e. The van der Waals surface area contributed by atoms with E-state index in [0.29, 0.717) is 6.61 Å². The normalized spacial score (nSPS) is 15.1. The van der Waals surface area contributed by atoms with Crippen LogP contribution >= 0.6 is 7.60 Å². The molecule has 0 heterocycles. The van der Waals surface area contributed by atoms with Crippen molar-refractivity contribution in [1.82, 2.24) is 0 Å². The standard InChI is InChI=1S/C12H23O5P/c1-5-9-11(13)12(10-15-6-2)18(14,16-7-3)17-8-4/h5,9-11,13H,6-8H2,1-4H3/b9-5+,12-10+. The van der Waals surface area contributed by atoms with Gasteiger partial charge in [0.25, 0.3) is 0 Å². The second-order valence-electron chi connectivity index (χ2n) is 3.30. The molecule has 0 aliphatic carbocycles. The summed E-state index contributed by atoms with van der Waals surface area (Å²) in [5.74, 6) is 0. The Balaban J connectivity index is 5.29. The molecular weight excluding hydrogens is 255 g/mol. The predicted octanol–water partition coefficient (Wildman–Crippen LogP) is 3.07. The highest BCUT2D eigenvalue weighted by molar-refractivity contribution is 7.58. The minimum atomic E-state index is -3.51. The summed E-state index contributed by atoms with van der Waals surface area (Å²) >= 11 is 0. The molecule has 106 valence electrons. The van der Waals surface area contributed by atoms with Crippen LogP contribution in [0.5, 0.6) is 0 Å². The van der Waals surface area contributed by atoms with Gasteiger partial charge in [-0.3, -0.25) is 4.57 Å². The SMILES string of the molecule is C/C=C/C(O)/C(=C\OCC)P(=O)(OCC)OCC. The molecular formula is C12H23O5P. The van der Waals surface area contributed by atoms with E-state index in [9.17, 15) is 9.67 Å². The number of hydrogen-bond donors (Lipinski definition) is 1. The Hall–Kier alpha value is -0.610. The summed E-state index contributed by atoms with van der Waals surface area (Å²) in [6.07, 6.45) is 3.37. The highest BCUT2D eigenvalue weighted by Gasteiger charge is 2.34. The van der Waals surface area contributed by atoms with E-state index in [0.717, 1.165) is 0 Å². The van der Waals surface area contributed by atoms with E-state index in [4.69, 9.17) is 13.8 Å². The van der Waals surface area contributed by atoms with Crippen LogP contribution in [0, 0.1) is 0 Å². The molecule has 5 nitrogen and oxygen atoms in total. The van der Waals surface area contributed by atoms with Crippen molar-refractivity contribution >= 4 is 7.60 Å². The van der Waals surface area contributed by atoms with Gasteiger partial charge in [-0.15, -0.1) is 0 Å². The summed E-state index contributed by atoms with van der Waals surface area (Å²) in [6.45, 7) is 7.84. The molecule has 18 heavy (non-hydrogen) atoms. The molecule has 0 rings (SSSR count).